The predicted octanol–water partition coefficient (Wildman–Crippen LogP) is 2.65. The number of aldehydes is 1. The van der Waals surface area contributed by atoms with Crippen LogP contribution in [-0.4, -0.2) is 47.5 Å². The predicted molar refractivity (Wildman–Crippen MR) is 94.2 cm³/mol. The van der Waals surface area contributed by atoms with E-state index in [0.29, 0.717) is 35.6 Å². The van der Waals surface area contributed by atoms with Crippen molar-refractivity contribution >= 4 is 28.7 Å². The van der Waals surface area contributed by atoms with Crippen LogP contribution in [0.5, 0.6) is 0 Å². The molecule has 0 aliphatic carbocycles. The van der Waals surface area contributed by atoms with Crippen molar-refractivity contribution in [2.75, 3.05) is 31.2 Å². The van der Waals surface area contributed by atoms with E-state index in [-0.39, 0.29) is 0 Å². The first-order chi connectivity index (χ1) is 11.8. The zero-order chi connectivity index (χ0) is 16.9. The van der Waals surface area contributed by atoms with Gasteiger partial charge in [0.1, 0.15) is 5.52 Å². The number of fused-ring (bicyclic) bond motifs is 1. The van der Waals surface area contributed by atoms with Crippen molar-refractivity contribution in [2.24, 2.45) is 0 Å². The van der Waals surface area contributed by atoms with Gasteiger partial charge in [0.25, 0.3) is 0 Å². The van der Waals surface area contributed by atoms with Crippen LogP contribution in [0.25, 0.3) is 16.6 Å². The van der Waals surface area contributed by atoms with Gasteiger partial charge in [0.15, 0.2) is 17.9 Å². The van der Waals surface area contributed by atoms with Crippen LogP contribution in [0.4, 0.5) is 5.82 Å². The highest BCUT2D eigenvalue weighted by molar-refractivity contribution is 5.91. The summed E-state index contributed by atoms with van der Waals surface area (Å²) in [6.07, 6.45) is 8.25. The molecule has 6 nitrogen and oxygen atoms in total. The summed E-state index contributed by atoms with van der Waals surface area (Å²) in [4.78, 5) is 27.0. The van der Waals surface area contributed by atoms with E-state index in [1.807, 2.05) is 32.1 Å². The number of ether oxygens (including phenoxy) is 1. The van der Waals surface area contributed by atoms with Crippen LogP contribution in [0.1, 0.15) is 30.0 Å². The summed E-state index contributed by atoms with van der Waals surface area (Å²) in [5.41, 5.74) is 2.83. The number of morpholine rings is 1. The fourth-order valence-corrected chi connectivity index (χ4v) is 2.69. The van der Waals surface area contributed by atoms with Crippen molar-refractivity contribution in [1.82, 2.24) is 15.0 Å². The van der Waals surface area contributed by atoms with E-state index in [1.54, 1.807) is 12.3 Å². The molecular formula is C18H20N4O2. The molecular weight excluding hydrogens is 304 g/mol. The van der Waals surface area contributed by atoms with Crippen LogP contribution >= 0.6 is 0 Å². The molecule has 0 amide bonds. The van der Waals surface area contributed by atoms with Gasteiger partial charge in [0, 0.05) is 30.4 Å². The molecule has 0 unspecified atom stereocenters. The standard InChI is InChI=1S/C18H20N4O2/c1-3-5-14(4-2)17-20-15-10-13(12-23)11-19-16(15)18(21-17)22-6-8-24-9-7-22/h3-5,10-12H,6-9H2,1-2H3/b5-3-,14-4+. The molecule has 0 saturated carbocycles. The molecule has 124 valence electrons. The maximum absolute atomic E-state index is 11.1. The third-order valence-corrected chi connectivity index (χ3v) is 3.90. The fourth-order valence-electron chi connectivity index (χ4n) is 2.69. The molecule has 0 N–H and O–H groups in total. The van der Waals surface area contributed by atoms with Gasteiger partial charge in [-0.1, -0.05) is 18.2 Å². The lowest BCUT2D eigenvalue weighted by Crippen LogP contribution is -2.37. The van der Waals surface area contributed by atoms with Crippen molar-refractivity contribution in [2.45, 2.75) is 13.8 Å². The van der Waals surface area contributed by atoms with Crippen LogP contribution in [-0.2, 0) is 4.74 Å². The minimum atomic E-state index is 0.508. The molecule has 0 spiro atoms. The molecule has 2 aromatic rings. The largest absolute Gasteiger partial charge is 0.378 e. The van der Waals surface area contributed by atoms with Crippen molar-refractivity contribution in [3.8, 4) is 0 Å². The van der Waals surface area contributed by atoms with E-state index in [1.165, 1.54) is 0 Å². The summed E-state index contributed by atoms with van der Waals surface area (Å²) in [5.74, 6) is 1.43. The summed E-state index contributed by atoms with van der Waals surface area (Å²) in [5, 5.41) is 0. The molecule has 3 rings (SSSR count). The van der Waals surface area contributed by atoms with Gasteiger partial charge < -0.3 is 9.64 Å². The monoisotopic (exact) mass is 324 g/mol. The highest BCUT2D eigenvalue weighted by atomic mass is 16.5. The SMILES string of the molecule is C/C=C\C(=C/C)c1nc(N2CCOCC2)c2ncc(C=O)cc2n1. The van der Waals surface area contributed by atoms with Gasteiger partial charge in [-0.2, -0.15) is 0 Å². The molecule has 0 aromatic carbocycles. The van der Waals surface area contributed by atoms with Gasteiger partial charge in [-0.3, -0.25) is 4.79 Å². The average molecular weight is 324 g/mol. The Bertz CT molecular complexity index is 808. The van der Waals surface area contributed by atoms with Gasteiger partial charge >= 0.3 is 0 Å². The normalized spacial score (nSPS) is 16.1. The third-order valence-electron chi connectivity index (χ3n) is 3.90. The molecule has 0 bridgehead atoms. The second kappa shape index (κ2) is 7.31. The molecule has 1 aliphatic rings. The first-order valence-electron chi connectivity index (χ1n) is 8.02. The topological polar surface area (TPSA) is 68.2 Å². The highest BCUT2D eigenvalue weighted by Gasteiger charge is 2.19. The van der Waals surface area contributed by atoms with E-state index in [9.17, 15) is 4.79 Å². The minimum absolute atomic E-state index is 0.508. The number of allylic oxidation sites excluding steroid dienone is 4. The number of hydrogen-bond donors (Lipinski definition) is 0. The zero-order valence-corrected chi connectivity index (χ0v) is 13.9. The van der Waals surface area contributed by atoms with Crippen molar-refractivity contribution in [3.05, 3.63) is 41.9 Å². The molecule has 2 aromatic heterocycles. The smallest absolute Gasteiger partial charge is 0.161 e. The Morgan fingerprint density at radius 2 is 2.04 bits per heavy atom. The van der Waals surface area contributed by atoms with E-state index < -0.39 is 0 Å². The van der Waals surface area contributed by atoms with Crippen molar-refractivity contribution < 1.29 is 9.53 Å². The Balaban J connectivity index is 2.20. The Kier molecular flexibility index (Phi) is 4.96. The summed E-state index contributed by atoms with van der Waals surface area (Å²) >= 11 is 0. The van der Waals surface area contributed by atoms with Crippen LogP contribution in [0.2, 0.25) is 0 Å². The Labute approximate surface area is 140 Å². The second-order valence-corrected chi connectivity index (χ2v) is 5.47. The lowest BCUT2D eigenvalue weighted by Gasteiger charge is -2.28. The number of hydrogen-bond acceptors (Lipinski definition) is 6. The van der Waals surface area contributed by atoms with Crippen molar-refractivity contribution in [1.29, 1.82) is 0 Å². The quantitative estimate of drug-likeness (QED) is 0.636. The first-order valence-corrected chi connectivity index (χ1v) is 8.02. The second-order valence-electron chi connectivity index (χ2n) is 5.47. The third kappa shape index (κ3) is 3.19. The van der Waals surface area contributed by atoms with Gasteiger partial charge in [-0.05, 0) is 19.9 Å². The maximum atomic E-state index is 11.1. The summed E-state index contributed by atoms with van der Waals surface area (Å²) in [7, 11) is 0. The Hall–Kier alpha value is -2.60. The lowest BCUT2D eigenvalue weighted by molar-refractivity contribution is 0.112. The number of anilines is 1. The Morgan fingerprint density at radius 3 is 2.71 bits per heavy atom. The Morgan fingerprint density at radius 1 is 1.25 bits per heavy atom. The molecule has 0 radical (unpaired) electrons. The van der Waals surface area contributed by atoms with E-state index in [4.69, 9.17) is 9.72 Å². The fraction of sp³-hybridized carbons (Fsp3) is 0.333. The van der Waals surface area contributed by atoms with E-state index >= 15 is 0 Å². The molecule has 3 heterocycles. The lowest BCUT2D eigenvalue weighted by atomic mass is 10.2. The van der Waals surface area contributed by atoms with Gasteiger partial charge in [0.05, 0.1) is 18.7 Å². The molecule has 6 heteroatoms. The maximum Gasteiger partial charge on any atom is 0.161 e. The molecule has 24 heavy (non-hydrogen) atoms. The van der Waals surface area contributed by atoms with Gasteiger partial charge in [-0.25, -0.2) is 15.0 Å². The van der Waals surface area contributed by atoms with E-state index in [0.717, 1.165) is 30.8 Å². The summed E-state index contributed by atoms with van der Waals surface area (Å²) in [6, 6.07) is 1.76. The molecule has 0 atom stereocenters. The summed E-state index contributed by atoms with van der Waals surface area (Å²) < 4.78 is 5.43. The number of pyridine rings is 1. The van der Waals surface area contributed by atoms with Crippen LogP contribution in [0.3, 0.4) is 0 Å². The van der Waals surface area contributed by atoms with Gasteiger partial charge in [-0.15, -0.1) is 0 Å². The number of nitrogens with zero attached hydrogens (tertiary/aromatic N) is 4. The van der Waals surface area contributed by atoms with Crippen LogP contribution in [0.15, 0.2) is 30.5 Å². The first kappa shape index (κ1) is 16.3. The highest BCUT2D eigenvalue weighted by Crippen LogP contribution is 2.26. The summed E-state index contributed by atoms with van der Waals surface area (Å²) in [6.45, 7) is 6.77. The van der Waals surface area contributed by atoms with E-state index in [2.05, 4.69) is 14.9 Å². The zero-order valence-electron chi connectivity index (χ0n) is 13.9. The van der Waals surface area contributed by atoms with Crippen molar-refractivity contribution in [3.63, 3.8) is 0 Å². The van der Waals surface area contributed by atoms with Crippen LogP contribution < -0.4 is 4.90 Å². The molecule has 1 fully saturated rings. The number of aromatic nitrogens is 3. The van der Waals surface area contributed by atoms with Gasteiger partial charge in [0.2, 0.25) is 0 Å². The van der Waals surface area contributed by atoms with Crippen LogP contribution in [0, 0.1) is 0 Å². The molecule has 1 aliphatic heterocycles. The number of rotatable bonds is 4. The molecule has 1 saturated heterocycles. The number of carbonyl (C=O) groups is 1. The number of carbonyl (C=O) groups excluding carboxylic acids is 1. The minimum Gasteiger partial charge on any atom is -0.378 e. The average Bonchev–Trinajstić information content (AvgIpc) is 2.65.